The average Bonchev–Trinajstić information content (AvgIpc) is 3.13. The lowest BCUT2D eigenvalue weighted by molar-refractivity contribution is 0.100. The molecule has 0 radical (unpaired) electrons. The maximum absolute atomic E-state index is 10.2. The Morgan fingerprint density at radius 3 is 2.63 bits per heavy atom. The molecule has 0 bridgehead atoms. The molecule has 4 rings (SSSR count). The van der Waals surface area contributed by atoms with Crippen LogP contribution in [0.5, 0.6) is 0 Å². The Hall–Kier alpha value is -2.19. The van der Waals surface area contributed by atoms with Gasteiger partial charge in [-0.05, 0) is 44.1 Å². The van der Waals surface area contributed by atoms with Gasteiger partial charge in [-0.15, -0.1) is 0 Å². The first kappa shape index (κ1) is 18.2. The zero-order chi connectivity index (χ0) is 18.9. The van der Waals surface area contributed by atoms with E-state index in [1.807, 2.05) is 24.1 Å². The highest BCUT2D eigenvalue weighted by Gasteiger charge is 2.39. The van der Waals surface area contributed by atoms with Gasteiger partial charge < -0.3 is 4.74 Å². The van der Waals surface area contributed by atoms with Gasteiger partial charge in [-0.1, -0.05) is 19.3 Å². The summed E-state index contributed by atoms with van der Waals surface area (Å²) < 4.78 is 7.48. The van der Waals surface area contributed by atoms with Gasteiger partial charge in [0.2, 0.25) is 0 Å². The highest BCUT2D eigenvalue weighted by atomic mass is 16.5. The second-order valence-electron chi connectivity index (χ2n) is 8.13. The number of hydrogen-bond donors (Lipinski definition) is 0. The topological polar surface area (TPSA) is 63.7 Å². The minimum Gasteiger partial charge on any atom is -0.384 e. The molecule has 142 valence electrons. The van der Waals surface area contributed by atoms with Crippen LogP contribution in [0.4, 0.5) is 0 Å². The molecule has 0 unspecified atom stereocenters. The average molecular weight is 364 g/mol. The fourth-order valence-electron chi connectivity index (χ4n) is 5.06. The van der Waals surface area contributed by atoms with Crippen LogP contribution in [0.1, 0.15) is 67.5 Å². The van der Waals surface area contributed by atoms with Crippen LogP contribution in [0.25, 0.3) is 11.1 Å². The molecular weight excluding hydrogens is 336 g/mol. The normalized spacial score (nSPS) is 18.7. The van der Waals surface area contributed by atoms with Gasteiger partial charge >= 0.3 is 0 Å². The highest BCUT2D eigenvalue weighted by Crippen LogP contribution is 2.44. The molecular formula is C22H28N4O. The molecule has 5 heteroatoms. The molecule has 1 saturated carbocycles. The van der Waals surface area contributed by atoms with Crippen molar-refractivity contribution >= 4 is 0 Å². The quantitative estimate of drug-likeness (QED) is 0.820. The van der Waals surface area contributed by atoms with Crippen LogP contribution in [0.3, 0.4) is 0 Å². The van der Waals surface area contributed by atoms with E-state index in [4.69, 9.17) is 9.72 Å². The zero-order valence-corrected chi connectivity index (χ0v) is 16.4. The molecule has 27 heavy (non-hydrogen) atoms. The van der Waals surface area contributed by atoms with E-state index in [1.54, 1.807) is 7.11 Å². The molecule has 1 fully saturated rings. The lowest BCUT2D eigenvalue weighted by Gasteiger charge is -2.38. The summed E-state index contributed by atoms with van der Waals surface area (Å²) in [5, 5.41) is 14.6. The van der Waals surface area contributed by atoms with Gasteiger partial charge in [-0.3, -0.25) is 9.67 Å². The van der Waals surface area contributed by atoms with Crippen LogP contribution in [0, 0.1) is 11.3 Å². The van der Waals surface area contributed by atoms with E-state index in [1.165, 1.54) is 36.9 Å². The van der Waals surface area contributed by atoms with Gasteiger partial charge in [-0.2, -0.15) is 10.4 Å². The lowest BCUT2D eigenvalue weighted by atomic mass is 9.69. The smallest absolute Gasteiger partial charge is 0.102 e. The summed E-state index contributed by atoms with van der Waals surface area (Å²) >= 11 is 0. The first-order valence-corrected chi connectivity index (χ1v) is 10.1. The van der Waals surface area contributed by atoms with Gasteiger partial charge in [0.1, 0.15) is 6.07 Å². The van der Waals surface area contributed by atoms with Crippen molar-refractivity contribution in [2.45, 2.75) is 63.2 Å². The number of aryl methyl sites for hydroxylation is 2. The van der Waals surface area contributed by atoms with Crippen molar-refractivity contribution in [2.24, 2.45) is 7.05 Å². The summed E-state index contributed by atoms with van der Waals surface area (Å²) in [5.41, 5.74) is 6.16. The number of nitriles is 1. The van der Waals surface area contributed by atoms with Gasteiger partial charge in [-0.25, -0.2) is 0 Å². The maximum Gasteiger partial charge on any atom is 0.102 e. The summed E-state index contributed by atoms with van der Waals surface area (Å²) in [6.45, 7) is 0.639. The summed E-state index contributed by atoms with van der Waals surface area (Å²) in [4.78, 5) is 5.16. The number of nitrogens with zero attached hydrogens (tertiary/aromatic N) is 4. The van der Waals surface area contributed by atoms with Gasteiger partial charge in [0.15, 0.2) is 0 Å². The molecule has 0 saturated heterocycles. The standard InChI is InChI=1S/C22H28N4O/c1-26-14-16(13-24-26)20-17-8-4-5-9-19(17)25-21(18(20)12-23)22(15-27-2)10-6-3-7-11-22/h13-14H,3-11,15H2,1-2H3. The van der Waals surface area contributed by atoms with E-state index in [-0.39, 0.29) is 5.41 Å². The second-order valence-corrected chi connectivity index (χ2v) is 8.13. The van der Waals surface area contributed by atoms with E-state index in [0.717, 1.165) is 54.5 Å². The Morgan fingerprint density at radius 2 is 1.96 bits per heavy atom. The Bertz CT molecular complexity index is 866. The largest absolute Gasteiger partial charge is 0.384 e. The molecule has 0 N–H and O–H groups in total. The van der Waals surface area contributed by atoms with E-state index in [0.29, 0.717) is 6.61 Å². The predicted molar refractivity (Wildman–Crippen MR) is 104 cm³/mol. The van der Waals surface area contributed by atoms with Crippen molar-refractivity contribution in [2.75, 3.05) is 13.7 Å². The fraction of sp³-hybridized carbons (Fsp3) is 0.591. The molecule has 2 heterocycles. The Labute approximate surface area is 161 Å². The van der Waals surface area contributed by atoms with Gasteiger partial charge in [0.25, 0.3) is 0 Å². The van der Waals surface area contributed by atoms with Crippen LogP contribution in [-0.4, -0.2) is 28.5 Å². The first-order valence-electron chi connectivity index (χ1n) is 10.1. The predicted octanol–water partition coefficient (Wildman–Crippen LogP) is 4.08. The summed E-state index contributed by atoms with van der Waals surface area (Å²) in [5.74, 6) is 0. The van der Waals surface area contributed by atoms with E-state index < -0.39 is 0 Å². The number of hydrogen-bond acceptors (Lipinski definition) is 4. The molecule has 2 aliphatic carbocycles. The lowest BCUT2D eigenvalue weighted by Crippen LogP contribution is -2.36. The molecule has 2 aromatic rings. The SMILES string of the molecule is COCC1(c2nc3c(c(-c4cnn(C)c4)c2C#N)CCCC3)CCCCC1. The third kappa shape index (κ3) is 3.17. The monoisotopic (exact) mass is 364 g/mol. The van der Waals surface area contributed by atoms with Crippen LogP contribution >= 0.6 is 0 Å². The van der Waals surface area contributed by atoms with Crippen molar-refractivity contribution < 1.29 is 4.74 Å². The second kappa shape index (κ2) is 7.44. The minimum atomic E-state index is -0.137. The Kier molecular flexibility index (Phi) is 5.01. The van der Waals surface area contributed by atoms with Gasteiger partial charge in [0.05, 0.1) is 24.1 Å². The van der Waals surface area contributed by atoms with Crippen molar-refractivity contribution in [1.82, 2.24) is 14.8 Å². The number of ether oxygens (including phenoxy) is 1. The number of methoxy groups -OCH3 is 1. The maximum atomic E-state index is 10.2. The molecule has 2 aromatic heterocycles. The molecule has 0 spiro atoms. The minimum absolute atomic E-state index is 0.137. The highest BCUT2D eigenvalue weighted by molar-refractivity contribution is 5.75. The Balaban J connectivity index is 1.98. The number of aromatic nitrogens is 3. The van der Waals surface area contributed by atoms with Crippen molar-refractivity contribution in [3.05, 3.63) is 34.9 Å². The van der Waals surface area contributed by atoms with Crippen molar-refractivity contribution in [1.29, 1.82) is 5.26 Å². The molecule has 0 aliphatic heterocycles. The zero-order valence-electron chi connectivity index (χ0n) is 16.4. The molecule has 0 amide bonds. The third-order valence-electron chi connectivity index (χ3n) is 6.31. The molecule has 2 aliphatic rings. The van der Waals surface area contributed by atoms with Crippen LogP contribution < -0.4 is 0 Å². The van der Waals surface area contributed by atoms with Gasteiger partial charge in [0, 0.05) is 42.6 Å². The van der Waals surface area contributed by atoms with E-state index >= 15 is 0 Å². The fourth-order valence-corrected chi connectivity index (χ4v) is 5.06. The molecule has 0 aromatic carbocycles. The Morgan fingerprint density at radius 1 is 1.19 bits per heavy atom. The van der Waals surface area contributed by atoms with Crippen molar-refractivity contribution in [3.8, 4) is 17.2 Å². The summed E-state index contributed by atoms with van der Waals surface area (Å²) in [6.07, 6.45) is 14.0. The van der Waals surface area contributed by atoms with Crippen molar-refractivity contribution in [3.63, 3.8) is 0 Å². The molecule has 0 atom stereocenters. The van der Waals surface area contributed by atoms with E-state index in [2.05, 4.69) is 11.2 Å². The van der Waals surface area contributed by atoms with E-state index in [9.17, 15) is 5.26 Å². The number of pyridine rings is 1. The summed E-state index contributed by atoms with van der Waals surface area (Å²) in [7, 11) is 3.69. The van der Waals surface area contributed by atoms with Crippen LogP contribution in [0.2, 0.25) is 0 Å². The molecule has 5 nitrogen and oxygen atoms in total. The van der Waals surface area contributed by atoms with Crippen LogP contribution in [0.15, 0.2) is 12.4 Å². The summed E-state index contributed by atoms with van der Waals surface area (Å²) in [6, 6.07) is 2.55. The number of rotatable bonds is 4. The first-order chi connectivity index (χ1) is 13.2. The number of fused-ring (bicyclic) bond motifs is 1. The van der Waals surface area contributed by atoms with Crippen LogP contribution in [-0.2, 0) is 30.0 Å². The third-order valence-corrected chi connectivity index (χ3v) is 6.31.